The molecule has 14 nitrogen and oxygen atoms in total. The van der Waals surface area contributed by atoms with Gasteiger partial charge in [0.15, 0.2) is 17.8 Å². The molecule has 216 valence electrons. The molecule has 1 aromatic heterocycles. The molecule has 2 aliphatic rings. The largest absolute Gasteiger partial charge is 0.508 e. The Bertz CT molecular complexity index is 1410. The maximum atomic E-state index is 12.8. The quantitative estimate of drug-likeness (QED) is 0.164. The molecular weight excluding hydrogens is 536 g/mol. The summed E-state index contributed by atoms with van der Waals surface area (Å²) in [4.78, 5) is 12.8. The van der Waals surface area contributed by atoms with E-state index in [2.05, 4.69) is 0 Å². The van der Waals surface area contributed by atoms with Gasteiger partial charge in [0.25, 0.3) is 0 Å². The summed E-state index contributed by atoms with van der Waals surface area (Å²) in [6, 6.07) is 9.37. The normalized spacial score (nSPS) is 32.4. The molecule has 0 saturated carbocycles. The topological polar surface area (TPSA) is 229 Å². The molecule has 5 rings (SSSR count). The molecule has 8 N–H and O–H groups in total. The highest BCUT2D eigenvalue weighted by molar-refractivity contribution is 5.86. The monoisotopic (exact) mass is 564 g/mol. The Morgan fingerprint density at radius 3 is 2.35 bits per heavy atom. The standard InChI is InChI=1S/C26H28O14/c27-8-18-20(32)21(33)22(40-25-23(34)26(35,9-28)10-36-25)24(39-18)37-13-5-14(30)19-15(31)7-16(38-17(19)6-13)11-1-3-12(29)4-2-11/h1-7,18,20-25,27-30,32-35H,8-10H2/t18-,20-,21+,22-,23+,24+,25+,26-/m1/s1. The summed E-state index contributed by atoms with van der Waals surface area (Å²) >= 11 is 0. The van der Waals surface area contributed by atoms with Crippen LogP contribution in [0.5, 0.6) is 17.2 Å². The second kappa shape index (κ2) is 10.9. The van der Waals surface area contributed by atoms with E-state index in [9.17, 15) is 45.6 Å². The first-order valence-electron chi connectivity index (χ1n) is 12.2. The number of aliphatic hydroxyl groups excluding tert-OH is 5. The van der Waals surface area contributed by atoms with E-state index in [4.69, 9.17) is 23.4 Å². The number of benzene rings is 2. The van der Waals surface area contributed by atoms with Crippen molar-refractivity contribution in [2.24, 2.45) is 0 Å². The van der Waals surface area contributed by atoms with Crippen molar-refractivity contribution >= 4 is 11.0 Å². The maximum absolute atomic E-state index is 12.8. The van der Waals surface area contributed by atoms with Crippen LogP contribution in [0, 0.1) is 0 Å². The molecule has 2 fully saturated rings. The Labute approximate surface area is 225 Å². The van der Waals surface area contributed by atoms with Crippen LogP contribution in [0.2, 0.25) is 0 Å². The van der Waals surface area contributed by atoms with E-state index < -0.39 is 79.7 Å². The molecule has 0 unspecified atom stereocenters. The third-order valence-electron chi connectivity index (χ3n) is 6.88. The van der Waals surface area contributed by atoms with Gasteiger partial charge >= 0.3 is 0 Å². The minimum Gasteiger partial charge on any atom is -0.508 e. The summed E-state index contributed by atoms with van der Waals surface area (Å²) in [6.07, 6.45) is -11.2. The smallest absolute Gasteiger partial charge is 0.229 e. The molecule has 3 heterocycles. The van der Waals surface area contributed by atoms with Crippen LogP contribution in [0.1, 0.15) is 0 Å². The van der Waals surface area contributed by atoms with Crippen LogP contribution in [0.25, 0.3) is 22.3 Å². The van der Waals surface area contributed by atoms with Gasteiger partial charge in [-0.1, -0.05) is 0 Å². The summed E-state index contributed by atoms with van der Waals surface area (Å²) in [7, 11) is 0. The molecule has 3 aromatic rings. The fourth-order valence-electron chi connectivity index (χ4n) is 4.57. The number of aliphatic hydroxyl groups is 6. The van der Waals surface area contributed by atoms with Crippen molar-refractivity contribution in [1.82, 2.24) is 0 Å². The molecule has 0 bridgehead atoms. The number of fused-ring (bicyclic) bond motifs is 1. The summed E-state index contributed by atoms with van der Waals surface area (Å²) in [6.45, 7) is -2.06. The van der Waals surface area contributed by atoms with Crippen molar-refractivity contribution in [2.75, 3.05) is 19.8 Å². The highest BCUT2D eigenvalue weighted by Crippen LogP contribution is 2.35. The minimum atomic E-state index is -2.04. The molecule has 8 atom stereocenters. The van der Waals surface area contributed by atoms with Crippen LogP contribution in [0.4, 0.5) is 0 Å². The molecular formula is C26H28O14. The number of aromatic hydroxyl groups is 2. The first kappa shape index (κ1) is 28.2. The van der Waals surface area contributed by atoms with Gasteiger partial charge in [0.05, 0.1) is 19.8 Å². The maximum Gasteiger partial charge on any atom is 0.229 e. The molecule has 14 heteroatoms. The second-order valence-electron chi connectivity index (χ2n) is 9.65. The van der Waals surface area contributed by atoms with Gasteiger partial charge in [-0.2, -0.15) is 0 Å². The second-order valence-corrected chi connectivity index (χ2v) is 9.65. The van der Waals surface area contributed by atoms with E-state index in [1.807, 2.05) is 0 Å². The Kier molecular flexibility index (Phi) is 7.71. The molecule has 0 spiro atoms. The number of rotatable bonds is 7. The van der Waals surface area contributed by atoms with E-state index >= 15 is 0 Å². The SMILES string of the molecule is O=c1cc(-c2ccc(O)cc2)oc2cc(O[C@H]3O[C@H](CO)[C@@H](O)[C@H](O)[C@H]3O[C@@H]3OC[C@](O)(CO)[C@H]3O)cc(O)c12. The van der Waals surface area contributed by atoms with Crippen LogP contribution >= 0.6 is 0 Å². The fourth-order valence-corrected chi connectivity index (χ4v) is 4.57. The fraction of sp³-hybridized carbons (Fsp3) is 0.423. The summed E-state index contributed by atoms with van der Waals surface area (Å²) in [5, 5.41) is 80.7. The van der Waals surface area contributed by atoms with Crippen LogP contribution < -0.4 is 10.2 Å². The molecule has 2 aliphatic heterocycles. The van der Waals surface area contributed by atoms with Crippen molar-refractivity contribution in [2.45, 2.75) is 48.7 Å². The lowest BCUT2D eigenvalue weighted by Gasteiger charge is -2.42. The highest BCUT2D eigenvalue weighted by Gasteiger charge is 2.53. The average molecular weight is 564 g/mol. The van der Waals surface area contributed by atoms with Gasteiger partial charge in [0.2, 0.25) is 6.29 Å². The predicted molar refractivity (Wildman–Crippen MR) is 132 cm³/mol. The number of ether oxygens (including phenoxy) is 4. The average Bonchev–Trinajstić information content (AvgIpc) is 3.21. The van der Waals surface area contributed by atoms with E-state index in [-0.39, 0.29) is 28.2 Å². The van der Waals surface area contributed by atoms with Gasteiger partial charge in [-0.05, 0) is 24.3 Å². The van der Waals surface area contributed by atoms with Crippen LogP contribution in [-0.2, 0) is 14.2 Å². The summed E-state index contributed by atoms with van der Waals surface area (Å²) in [5.41, 5.74) is -2.22. The minimum absolute atomic E-state index is 0.00882. The zero-order valence-corrected chi connectivity index (χ0v) is 20.7. The molecule has 2 saturated heterocycles. The van der Waals surface area contributed by atoms with E-state index in [0.29, 0.717) is 5.56 Å². The molecule has 0 aliphatic carbocycles. The Morgan fingerprint density at radius 2 is 1.70 bits per heavy atom. The zero-order chi connectivity index (χ0) is 28.8. The van der Waals surface area contributed by atoms with Crippen molar-refractivity contribution in [3.05, 3.63) is 52.7 Å². The first-order valence-corrected chi connectivity index (χ1v) is 12.2. The van der Waals surface area contributed by atoms with Crippen LogP contribution in [0.15, 0.2) is 51.7 Å². The Morgan fingerprint density at radius 1 is 0.975 bits per heavy atom. The number of hydrogen-bond acceptors (Lipinski definition) is 14. The van der Waals surface area contributed by atoms with Gasteiger partial charge in [0.1, 0.15) is 64.0 Å². The lowest BCUT2D eigenvalue weighted by molar-refractivity contribution is -0.318. The molecule has 2 aromatic carbocycles. The predicted octanol–water partition coefficient (Wildman–Crippen LogP) is -1.49. The summed E-state index contributed by atoms with van der Waals surface area (Å²) in [5.74, 6) is -0.496. The lowest BCUT2D eigenvalue weighted by Crippen LogP contribution is -2.62. The molecule has 0 radical (unpaired) electrons. The number of phenolic OH excluding ortho intramolecular Hbond substituents is 2. The van der Waals surface area contributed by atoms with Gasteiger partial charge in [0, 0.05) is 23.8 Å². The Balaban J connectivity index is 1.47. The van der Waals surface area contributed by atoms with Crippen LogP contribution in [0.3, 0.4) is 0 Å². The number of phenols is 2. The lowest BCUT2D eigenvalue weighted by atomic mass is 9.98. The molecule has 40 heavy (non-hydrogen) atoms. The van der Waals surface area contributed by atoms with Gasteiger partial charge < -0.3 is 64.2 Å². The number of hydrogen-bond donors (Lipinski definition) is 8. The highest BCUT2D eigenvalue weighted by atomic mass is 16.8. The van der Waals surface area contributed by atoms with Crippen molar-refractivity contribution in [3.8, 4) is 28.6 Å². The van der Waals surface area contributed by atoms with Gasteiger partial charge in [-0.15, -0.1) is 0 Å². The van der Waals surface area contributed by atoms with Gasteiger partial charge in [-0.25, -0.2) is 0 Å². The van der Waals surface area contributed by atoms with Crippen molar-refractivity contribution in [3.63, 3.8) is 0 Å². The van der Waals surface area contributed by atoms with E-state index in [1.165, 1.54) is 36.4 Å². The summed E-state index contributed by atoms with van der Waals surface area (Å²) < 4.78 is 28.0. The Hall–Kier alpha value is -3.31. The third kappa shape index (κ3) is 5.12. The first-order chi connectivity index (χ1) is 19.0. The molecule has 0 amide bonds. The van der Waals surface area contributed by atoms with Gasteiger partial charge in [-0.3, -0.25) is 4.79 Å². The third-order valence-corrected chi connectivity index (χ3v) is 6.88. The van der Waals surface area contributed by atoms with E-state index in [1.54, 1.807) is 0 Å². The van der Waals surface area contributed by atoms with Crippen molar-refractivity contribution < 1.29 is 64.2 Å². The van der Waals surface area contributed by atoms with Crippen molar-refractivity contribution in [1.29, 1.82) is 0 Å². The zero-order valence-electron chi connectivity index (χ0n) is 20.7. The van der Waals surface area contributed by atoms with E-state index in [0.717, 1.165) is 6.07 Å². The van der Waals surface area contributed by atoms with Crippen LogP contribution in [-0.4, -0.2) is 109 Å².